The van der Waals surface area contributed by atoms with Gasteiger partial charge in [0.25, 0.3) is 0 Å². The molecule has 1 fully saturated rings. The zero-order valence-electron chi connectivity index (χ0n) is 49.2. The summed E-state index contributed by atoms with van der Waals surface area (Å²) in [5.41, 5.74) is 7.64. The van der Waals surface area contributed by atoms with Crippen molar-refractivity contribution in [3.8, 4) is 22.3 Å². The summed E-state index contributed by atoms with van der Waals surface area (Å²) in [7, 11) is 0. The molecule has 0 saturated carbocycles. The van der Waals surface area contributed by atoms with Gasteiger partial charge < -0.3 is 57.1 Å². The maximum absolute atomic E-state index is 14.7. The van der Waals surface area contributed by atoms with Crippen LogP contribution in [-0.4, -0.2) is 161 Å². The molecule has 1 saturated heterocycles. The molecule has 1 aliphatic heterocycles. The van der Waals surface area contributed by atoms with Crippen LogP contribution < -0.4 is 37.2 Å². The third-order valence-corrected chi connectivity index (χ3v) is 15.8. The van der Waals surface area contributed by atoms with Gasteiger partial charge in [-0.1, -0.05) is 131 Å². The lowest BCUT2D eigenvalue weighted by Crippen LogP contribution is -2.57. The van der Waals surface area contributed by atoms with Crippen LogP contribution in [0.1, 0.15) is 114 Å². The summed E-state index contributed by atoms with van der Waals surface area (Å²) in [6.45, 7) is 5.49. The summed E-state index contributed by atoms with van der Waals surface area (Å²) in [6, 6.07) is 24.8. The van der Waals surface area contributed by atoms with Crippen molar-refractivity contribution in [1.82, 2.24) is 47.0 Å². The first-order valence-corrected chi connectivity index (χ1v) is 29.2. The number of aliphatic carboxylic acids is 2. The summed E-state index contributed by atoms with van der Waals surface area (Å²) in [5.74, 6) is -11.1. The van der Waals surface area contributed by atoms with Gasteiger partial charge >= 0.3 is 18.0 Å². The minimum absolute atomic E-state index is 0.109. The maximum atomic E-state index is 14.7. The van der Waals surface area contributed by atoms with Crippen LogP contribution in [0, 0.1) is 11.8 Å². The van der Waals surface area contributed by atoms with Gasteiger partial charge in [-0.25, -0.2) is 9.69 Å². The van der Waals surface area contributed by atoms with E-state index in [1.807, 2.05) is 111 Å². The molecular formula is C63H75N9O15. The van der Waals surface area contributed by atoms with Crippen molar-refractivity contribution in [2.45, 2.75) is 122 Å². The van der Waals surface area contributed by atoms with Crippen LogP contribution in [0.25, 0.3) is 22.3 Å². The van der Waals surface area contributed by atoms with Crippen molar-refractivity contribution in [2.75, 3.05) is 39.3 Å². The number of hydrogen-bond donors (Lipinski definition) is 9. The fraction of sp³-hybridized carbons (Fsp3) is 0.429. The molecule has 2 aliphatic carbocycles. The molecule has 1 heterocycles. The predicted molar refractivity (Wildman–Crippen MR) is 316 cm³/mol. The fourth-order valence-corrected chi connectivity index (χ4v) is 11.2. The lowest BCUT2D eigenvalue weighted by Gasteiger charge is -2.29. The SMILES string of the molecule is CC[C@H](C)[C@H](NC(=O)CNC(=O)[C@H](CC(C)C)NC(=O)[C@@H]1CCCN1C(=O)CN(C(=O)CC1c2ccccc2-c2ccccc21)C(=O)OCC1c2ccccc2-c2ccccc21)C(=O)N[C@@H](C)C(=O)NCC(=O)N[C@@H](CCC(=O)O)C(=O)NCC(=O)O. The number of rotatable bonds is 28. The Morgan fingerprint density at radius 2 is 1.10 bits per heavy atom. The zero-order valence-corrected chi connectivity index (χ0v) is 49.2. The van der Waals surface area contributed by atoms with E-state index in [1.165, 1.54) is 11.8 Å². The number of carboxylic acid groups (broad SMARTS) is 2. The number of carboxylic acids is 2. The molecule has 24 nitrogen and oxygen atoms in total. The van der Waals surface area contributed by atoms with Crippen LogP contribution in [0.3, 0.4) is 0 Å². The number of carbonyl (C=O) groups is 12. The molecule has 24 heteroatoms. The van der Waals surface area contributed by atoms with Gasteiger partial charge in [0.2, 0.25) is 53.2 Å². The zero-order chi connectivity index (χ0) is 63.1. The van der Waals surface area contributed by atoms with E-state index in [0.29, 0.717) is 12.8 Å². The molecule has 4 aromatic rings. The number of likely N-dealkylation sites (tertiary alicyclic amines) is 1. The monoisotopic (exact) mass is 1200 g/mol. The molecule has 0 unspecified atom stereocenters. The average Bonchev–Trinajstić information content (AvgIpc) is 2.38. The van der Waals surface area contributed by atoms with E-state index in [0.717, 1.165) is 49.4 Å². The van der Waals surface area contributed by atoms with Gasteiger partial charge in [0.1, 0.15) is 49.9 Å². The summed E-state index contributed by atoms with van der Waals surface area (Å²) in [4.78, 5) is 161. The van der Waals surface area contributed by atoms with E-state index in [-0.39, 0.29) is 50.7 Å². The van der Waals surface area contributed by atoms with E-state index in [4.69, 9.17) is 14.9 Å². The van der Waals surface area contributed by atoms with Gasteiger partial charge in [-0.2, -0.15) is 0 Å². The fourth-order valence-electron chi connectivity index (χ4n) is 11.2. The number of nitrogens with zero attached hydrogens (tertiary/aromatic N) is 2. The minimum atomic E-state index is -1.44. The smallest absolute Gasteiger partial charge is 0.417 e. The van der Waals surface area contributed by atoms with Crippen LogP contribution in [0.5, 0.6) is 0 Å². The first-order chi connectivity index (χ1) is 41.6. The van der Waals surface area contributed by atoms with Crippen molar-refractivity contribution in [2.24, 2.45) is 11.8 Å². The Kier molecular flexibility index (Phi) is 22.5. The highest BCUT2D eigenvalue weighted by atomic mass is 16.6. The molecule has 9 N–H and O–H groups in total. The predicted octanol–water partition coefficient (Wildman–Crippen LogP) is 3.31. The summed E-state index contributed by atoms with van der Waals surface area (Å²) in [5, 5.41) is 34.9. The second-order valence-corrected chi connectivity index (χ2v) is 22.4. The van der Waals surface area contributed by atoms with Crippen molar-refractivity contribution in [1.29, 1.82) is 0 Å². The molecule has 3 aliphatic rings. The standard InChI is InChI=1S/C63H75N9O15/c1-6-36(4)57(62(85)67-37(5)58(81)64-30-51(73)68-48(25-26-55(77)78)59(82)66-32-56(79)80)70-52(74)31-65-60(83)49(28-35(2)3)69-61(84)50-24-15-27-71(50)54(76)33-72(53(75)29-46-42-20-11-7-16-38(42)39-17-8-12-21-43(39)46)63(86)87-34-47-44-22-13-9-18-40(44)41-19-10-14-23-45(41)47/h7-14,16-23,35-37,46-50,57H,6,15,24-34H2,1-5H3,(H,64,81)(H,65,83)(H,66,82)(H,67,85)(H,68,73)(H,69,84)(H,70,74)(H,77,78)(H,79,80)/t36-,37-,48-,49-,50-,57-/m0/s1. The van der Waals surface area contributed by atoms with Crippen molar-refractivity contribution in [3.63, 3.8) is 0 Å². The lowest BCUT2D eigenvalue weighted by molar-refractivity contribution is -0.143. The Labute approximate surface area is 503 Å². The number of hydrogen-bond acceptors (Lipinski definition) is 13. The summed E-state index contributed by atoms with van der Waals surface area (Å²) >= 11 is 0. The highest BCUT2D eigenvalue weighted by molar-refractivity contribution is 6.00. The number of benzene rings is 4. The lowest BCUT2D eigenvalue weighted by atomic mass is 9.93. The number of imide groups is 1. The van der Waals surface area contributed by atoms with Gasteiger partial charge in [0.05, 0.1) is 13.1 Å². The van der Waals surface area contributed by atoms with E-state index in [2.05, 4.69) is 37.2 Å². The third-order valence-electron chi connectivity index (χ3n) is 15.8. The number of amides is 10. The highest BCUT2D eigenvalue weighted by Crippen LogP contribution is 2.47. The molecule has 0 radical (unpaired) electrons. The second kappa shape index (κ2) is 30.0. The molecule has 87 heavy (non-hydrogen) atoms. The molecule has 4 aromatic carbocycles. The van der Waals surface area contributed by atoms with Gasteiger partial charge in [0.15, 0.2) is 0 Å². The molecule has 7 rings (SSSR count). The third kappa shape index (κ3) is 16.7. The minimum Gasteiger partial charge on any atom is -0.481 e. The number of carbonyl (C=O) groups excluding carboxylic acids is 10. The van der Waals surface area contributed by atoms with Crippen LogP contribution in [0.15, 0.2) is 97.1 Å². The van der Waals surface area contributed by atoms with E-state index in [1.54, 1.807) is 13.8 Å². The molecule has 462 valence electrons. The Morgan fingerprint density at radius 3 is 1.63 bits per heavy atom. The molecule has 10 amide bonds. The maximum Gasteiger partial charge on any atom is 0.417 e. The summed E-state index contributed by atoms with van der Waals surface area (Å²) < 4.78 is 6.01. The summed E-state index contributed by atoms with van der Waals surface area (Å²) in [6.07, 6.45) is -1.01. The first kappa shape index (κ1) is 65.1. The topological polar surface area (TPSA) is 345 Å². The van der Waals surface area contributed by atoms with E-state index in [9.17, 15) is 57.5 Å². The Hall–Kier alpha value is -9.48. The molecule has 0 bridgehead atoms. The Morgan fingerprint density at radius 1 is 0.598 bits per heavy atom. The van der Waals surface area contributed by atoms with Crippen LogP contribution in [-0.2, 0) is 57.5 Å². The Balaban J connectivity index is 0.964. The van der Waals surface area contributed by atoms with E-state index >= 15 is 0 Å². The molecule has 0 aromatic heterocycles. The van der Waals surface area contributed by atoms with Crippen LogP contribution in [0.4, 0.5) is 4.79 Å². The average molecular weight is 1200 g/mol. The quantitative estimate of drug-likeness (QED) is 0.0394. The molecular weight excluding hydrogens is 1120 g/mol. The number of nitrogens with one attached hydrogen (secondary N) is 7. The molecule has 6 atom stereocenters. The van der Waals surface area contributed by atoms with Gasteiger partial charge in [-0.15, -0.1) is 0 Å². The number of ether oxygens (including phenoxy) is 1. The van der Waals surface area contributed by atoms with E-state index < -0.39 is 146 Å². The largest absolute Gasteiger partial charge is 0.481 e. The van der Waals surface area contributed by atoms with Crippen LogP contribution in [0.2, 0.25) is 0 Å². The van der Waals surface area contributed by atoms with Gasteiger partial charge in [0, 0.05) is 31.2 Å². The van der Waals surface area contributed by atoms with Crippen molar-refractivity contribution >= 4 is 71.2 Å². The first-order valence-electron chi connectivity index (χ1n) is 29.2. The molecule has 0 spiro atoms. The Bertz CT molecular complexity index is 3190. The van der Waals surface area contributed by atoms with Crippen molar-refractivity contribution in [3.05, 3.63) is 119 Å². The van der Waals surface area contributed by atoms with Crippen molar-refractivity contribution < 1.29 is 72.5 Å². The number of fused-ring (bicyclic) bond motifs is 6. The second-order valence-electron chi connectivity index (χ2n) is 22.4. The van der Waals surface area contributed by atoms with Crippen LogP contribution >= 0.6 is 0 Å². The van der Waals surface area contributed by atoms with Gasteiger partial charge in [-0.3, -0.25) is 52.7 Å². The highest BCUT2D eigenvalue weighted by Gasteiger charge is 2.41. The van der Waals surface area contributed by atoms with Gasteiger partial charge in [-0.05, 0) is 89.0 Å². The normalized spacial score (nSPS) is 15.6.